The largest absolute Gasteiger partial charge is 0.442 e. The summed E-state index contributed by atoms with van der Waals surface area (Å²) in [6.45, 7) is 1.60. The monoisotopic (exact) mass is 370 g/mol. The number of sulfonamides is 1. The first-order valence-electron chi connectivity index (χ1n) is 6.46. The van der Waals surface area contributed by atoms with Crippen LogP contribution in [0.2, 0.25) is 0 Å². The highest BCUT2D eigenvalue weighted by Gasteiger charge is 2.29. The third-order valence-electron chi connectivity index (χ3n) is 2.90. The Kier molecular flexibility index (Phi) is 6.49. The van der Waals surface area contributed by atoms with Gasteiger partial charge < -0.3 is 5.32 Å². The van der Waals surface area contributed by atoms with Crippen LogP contribution >= 0.6 is 11.8 Å². The van der Waals surface area contributed by atoms with Crippen molar-refractivity contribution in [3.8, 4) is 0 Å². The average molecular weight is 370 g/mol. The number of benzene rings is 1. The van der Waals surface area contributed by atoms with Gasteiger partial charge in [0.05, 0.1) is 16.7 Å². The Labute approximate surface area is 137 Å². The van der Waals surface area contributed by atoms with Crippen molar-refractivity contribution in [3.63, 3.8) is 0 Å². The summed E-state index contributed by atoms with van der Waals surface area (Å²) in [7, 11) is -0.735. The van der Waals surface area contributed by atoms with Crippen molar-refractivity contribution in [1.82, 2.24) is 9.62 Å². The molecular formula is C13H17F3N2O3S2. The van der Waals surface area contributed by atoms with Crippen LogP contribution in [-0.4, -0.2) is 44.0 Å². The van der Waals surface area contributed by atoms with Gasteiger partial charge in [-0.3, -0.25) is 4.79 Å². The fourth-order valence-corrected chi connectivity index (χ4v) is 2.93. The van der Waals surface area contributed by atoms with Gasteiger partial charge in [0.15, 0.2) is 0 Å². The molecule has 130 valence electrons. The molecule has 1 aromatic rings. The Balaban J connectivity index is 2.71. The number of hydrogen-bond donors (Lipinski definition) is 1. The molecule has 0 saturated heterocycles. The molecule has 0 bridgehead atoms. The minimum Gasteiger partial charge on any atom is -0.349 e. The summed E-state index contributed by atoms with van der Waals surface area (Å²) < 4.78 is 61.0. The summed E-state index contributed by atoms with van der Waals surface area (Å²) in [5.41, 5.74) is -3.86. The van der Waals surface area contributed by atoms with Crippen molar-refractivity contribution in [3.05, 3.63) is 29.8 Å². The van der Waals surface area contributed by atoms with Crippen LogP contribution in [0, 0.1) is 0 Å². The average Bonchev–Trinajstić information content (AvgIpc) is 2.44. The van der Waals surface area contributed by atoms with E-state index in [1.54, 1.807) is 6.92 Å². The quantitative estimate of drug-likeness (QED) is 0.835. The van der Waals surface area contributed by atoms with Gasteiger partial charge in [-0.2, -0.15) is 13.2 Å². The van der Waals surface area contributed by atoms with Crippen LogP contribution in [0.4, 0.5) is 13.2 Å². The second-order valence-electron chi connectivity index (χ2n) is 4.88. The molecule has 0 spiro atoms. The molecule has 5 nitrogen and oxygen atoms in total. The first-order valence-corrected chi connectivity index (χ1v) is 8.88. The van der Waals surface area contributed by atoms with Crippen molar-refractivity contribution >= 4 is 27.7 Å². The highest BCUT2D eigenvalue weighted by atomic mass is 32.2. The number of thioether (sulfide) groups is 1. The standard InChI is InChI=1S/C13H17F3N2O3S2/c1-9(17-12(19)8-22-13(14,15)16)10-4-6-11(7-5-10)23(20,21)18(2)3/h4-7,9H,8H2,1-3H3,(H,17,19)/t9-/m0/s1. The van der Waals surface area contributed by atoms with E-state index in [1.807, 2.05) is 0 Å². The zero-order valence-corrected chi connectivity index (χ0v) is 14.3. The molecule has 0 heterocycles. The summed E-state index contributed by atoms with van der Waals surface area (Å²) in [5.74, 6) is -1.47. The number of nitrogens with zero attached hydrogens (tertiary/aromatic N) is 1. The van der Waals surface area contributed by atoms with E-state index in [9.17, 15) is 26.4 Å². The number of nitrogens with one attached hydrogen (secondary N) is 1. The van der Waals surface area contributed by atoms with Crippen LogP contribution in [0.25, 0.3) is 0 Å². The molecule has 1 rings (SSSR count). The Morgan fingerprint density at radius 3 is 2.22 bits per heavy atom. The predicted molar refractivity (Wildman–Crippen MR) is 82.4 cm³/mol. The maximum absolute atomic E-state index is 12.0. The molecule has 0 aromatic heterocycles. The van der Waals surface area contributed by atoms with E-state index in [4.69, 9.17) is 0 Å². The van der Waals surface area contributed by atoms with Gasteiger partial charge >= 0.3 is 5.51 Å². The molecule has 0 saturated carbocycles. The molecule has 10 heteroatoms. The second kappa shape index (κ2) is 7.54. The van der Waals surface area contributed by atoms with E-state index in [1.165, 1.54) is 38.4 Å². The number of alkyl halides is 3. The Morgan fingerprint density at radius 1 is 1.26 bits per heavy atom. The molecule has 0 radical (unpaired) electrons. The Bertz CT molecular complexity index is 643. The maximum atomic E-state index is 12.0. The molecule has 0 fully saturated rings. The van der Waals surface area contributed by atoms with Gasteiger partial charge in [0.1, 0.15) is 0 Å². The summed E-state index contributed by atoms with van der Waals surface area (Å²) in [4.78, 5) is 11.5. The van der Waals surface area contributed by atoms with Crippen LogP contribution in [0.3, 0.4) is 0 Å². The lowest BCUT2D eigenvalue weighted by molar-refractivity contribution is -0.119. The first-order chi connectivity index (χ1) is 10.4. The van der Waals surface area contributed by atoms with E-state index >= 15 is 0 Å². The van der Waals surface area contributed by atoms with Crippen LogP contribution in [-0.2, 0) is 14.8 Å². The Morgan fingerprint density at radius 2 is 1.78 bits per heavy atom. The van der Waals surface area contributed by atoms with Gasteiger partial charge in [0.25, 0.3) is 0 Å². The lowest BCUT2D eigenvalue weighted by Crippen LogP contribution is -2.29. The summed E-state index contributed by atoms with van der Waals surface area (Å²) >= 11 is -0.409. The van der Waals surface area contributed by atoms with Crippen molar-refractivity contribution < 1.29 is 26.4 Å². The highest BCUT2D eigenvalue weighted by Crippen LogP contribution is 2.29. The molecule has 0 aliphatic rings. The van der Waals surface area contributed by atoms with Gasteiger partial charge in [-0.05, 0) is 36.4 Å². The number of halogens is 3. The van der Waals surface area contributed by atoms with Crippen molar-refractivity contribution in [1.29, 1.82) is 0 Å². The van der Waals surface area contributed by atoms with Gasteiger partial charge in [-0.25, -0.2) is 12.7 Å². The molecule has 23 heavy (non-hydrogen) atoms. The third kappa shape index (κ3) is 6.04. The van der Waals surface area contributed by atoms with Crippen molar-refractivity contribution in [2.45, 2.75) is 23.4 Å². The van der Waals surface area contributed by atoms with Crippen molar-refractivity contribution in [2.24, 2.45) is 0 Å². The molecule has 1 atom stereocenters. The first kappa shape index (κ1) is 19.8. The van der Waals surface area contributed by atoms with E-state index < -0.39 is 45.0 Å². The van der Waals surface area contributed by atoms with Gasteiger partial charge in [0.2, 0.25) is 15.9 Å². The zero-order chi connectivity index (χ0) is 17.8. The second-order valence-corrected chi connectivity index (χ2v) is 8.07. The van der Waals surface area contributed by atoms with E-state index in [-0.39, 0.29) is 4.90 Å². The third-order valence-corrected chi connectivity index (χ3v) is 5.47. The van der Waals surface area contributed by atoms with Crippen LogP contribution in [0.15, 0.2) is 29.2 Å². The molecule has 1 N–H and O–H groups in total. The van der Waals surface area contributed by atoms with Crippen molar-refractivity contribution in [2.75, 3.05) is 19.8 Å². The van der Waals surface area contributed by atoms with Crippen LogP contribution < -0.4 is 5.32 Å². The fraction of sp³-hybridized carbons (Fsp3) is 0.462. The van der Waals surface area contributed by atoms with Gasteiger partial charge in [-0.15, -0.1) is 0 Å². The smallest absolute Gasteiger partial charge is 0.349 e. The fourth-order valence-electron chi connectivity index (χ4n) is 1.65. The number of amides is 1. The number of rotatable bonds is 6. The normalized spacial score (nSPS) is 13.9. The lowest BCUT2D eigenvalue weighted by Gasteiger charge is -2.16. The number of hydrogen-bond acceptors (Lipinski definition) is 4. The van der Waals surface area contributed by atoms with Gasteiger partial charge in [0, 0.05) is 14.1 Å². The lowest BCUT2D eigenvalue weighted by atomic mass is 10.1. The molecule has 1 aromatic carbocycles. The molecule has 0 aliphatic carbocycles. The molecule has 0 unspecified atom stereocenters. The number of carbonyl (C=O) groups is 1. The summed E-state index contributed by atoms with van der Waals surface area (Å²) in [6, 6.07) is 5.26. The summed E-state index contributed by atoms with van der Waals surface area (Å²) in [5, 5.41) is 2.43. The summed E-state index contributed by atoms with van der Waals surface area (Å²) in [6.07, 6.45) is 0. The SMILES string of the molecule is C[C@H](NC(=O)CSC(F)(F)F)c1ccc(S(=O)(=O)N(C)C)cc1. The molecule has 0 aliphatic heterocycles. The Hall–Kier alpha value is -1.26. The molecule has 1 amide bonds. The minimum absolute atomic E-state index is 0.0948. The van der Waals surface area contributed by atoms with Crippen LogP contribution in [0.1, 0.15) is 18.5 Å². The minimum atomic E-state index is -4.46. The van der Waals surface area contributed by atoms with Gasteiger partial charge in [-0.1, -0.05) is 12.1 Å². The highest BCUT2D eigenvalue weighted by molar-refractivity contribution is 8.00. The predicted octanol–water partition coefficient (Wildman–Crippen LogP) is 2.37. The van der Waals surface area contributed by atoms with Crippen LogP contribution in [0.5, 0.6) is 0 Å². The van der Waals surface area contributed by atoms with E-state index in [2.05, 4.69) is 5.32 Å². The van der Waals surface area contributed by atoms with E-state index in [0.717, 1.165) is 4.31 Å². The topological polar surface area (TPSA) is 66.5 Å². The van der Waals surface area contributed by atoms with E-state index in [0.29, 0.717) is 5.56 Å². The molecular weight excluding hydrogens is 353 g/mol. The zero-order valence-electron chi connectivity index (χ0n) is 12.7. The number of carbonyl (C=O) groups excluding carboxylic acids is 1. The maximum Gasteiger partial charge on any atom is 0.442 e.